The quantitative estimate of drug-likeness (QED) is 0.776. The lowest BCUT2D eigenvalue weighted by molar-refractivity contribution is 0.586. The lowest BCUT2D eigenvalue weighted by atomic mass is 9.79. The highest BCUT2D eigenvalue weighted by molar-refractivity contribution is 6.20. The molecule has 1 aliphatic carbocycles. The van der Waals surface area contributed by atoms with Crippen LogP contribution in [-0.2, 0) is 0 Å². The van der Waals surface area contributed by atoms with Gasteiger partial charge in [-0.15, -0.1) is 5.10 Å². The fraction of sp³-hybridized carbons (Fsp3) is 0.273. The van der Waals surface area contributed by atoms with Gasteiger partial charge in [-0.2, -0.15) is 5.10 Å². The molecule has 0 bridgehead atoms. The van der Waals surface area contributed by atoms with Crippen molar-refractivity contribution in [1.82, 2.24) is 0 Å². The number of nitrogens with two attached hydrogens (primary N) is 1. The summed E-state index contributed by atoms with van der Waals surface area (Å²) in [6, 6.07) is 18.4. The number of anilines is 1. The van der Waals surface area contributed by atoms with E-state index in [1.807, 2.05) is 24.3 Å². The van der Waals surface area contributed by atoms with Gasteiger partial charge >= 0.3 is 0 Å². The fourth-order valence-corrected chi connectivity index (χ4v) is 3.78. The largest absolute Gasteiger partial charge is 0.399 e. The second-order valence-electron chi connectivity index (χ2n) is 6.78. The van der Waals surface area contributed by atoms with Crippen LogP contribution in [-0.4, -0.2) is 11.4 Å². The molecule has 0 saturated carbocycles. The molecule has 1 aliphatic heterocycles. The molecule has 0 aromatic heterocycles. The minimum absolute atomic E-state index is 0.316. The van der Waals surface area contributed by atoms with Crippen LogP contribution in [0.25, 0.3) is 0 Å². The van der Waals surface area contributed by atoms with Crippen molar-refractivity contribution in [3.05, 3.63) is 77.4 Å². The maximum absolute atomic E-state index is 6.00. The minimum Gasteiger partial charge on any atom is -0.399 e. The van der Waals surface area contributed by atoms with Crippen LogP contribution in [0.3, 0.4) is 0 Å². The third kappa shape index (κ3) is 3.27. The molecule has 3 heteroatoms. The first-order valence-electron chi connectivity index (χ1n) is 9.10. The molecular formula is C22H23N3. The van der Waals surface area contributed by atoms with E-state index in [1.54, 1.807) is 0 Å². The Hall–Kier alpha value is -2.68. The van der Waals surface area contributed by atoms with E-state index in [0.717, 1.165) is 35.5 Å². The summed E-state index contributed by atoms with van der Waals surface area (Å²) in [5.41, 5.74) is 12.4. The van der Waals surface area contributed by atoms with E-state index >= 15 is 0 Å². The Labute approximate surface area is 149 Å². The zero-order chi connectivity index (χ0) is 17.1. The molecule has 1 heterocycles. The first-order chi connectivity index (χ1) is 12.3. The van der Waals surface area contributed by atoms with Crippen LogP contribution in [0.4, 0.5) is 5.69 Å². The van der Waals surface area contributed by atoms with E-state index in [1.165, 1.54) is 30.4 Å². The van der Waals surface area contributed by atoms with Gasteiger partial charge in [-0.25, -0.2) is 0 Å². The van der Waals surface area contributed by atoms with Gasteiger partial charge in [0.15, 0.2) is 0 Å². The molecule has 4 rings (SSSR count). The molecule has 2 aliphatic rings. The molecular weight excluding hydrogens is 306 g/mol. The smallest absolute Gasteiger partial charge is 0.0965 e. The first-order valence-corrected chi connectivity index (χ1v) is 9.10. The van der Waals surface area contributed by atoms with Gasteiger partial charge in [0.05, 0.1) is 11.4 Å². The van der Waals surface area contributed by atoms with Crippen molar-refractivity contribution < 1.29 is 0 Å². The molecule has 0 amide bonds. The van der Waals surface area contributed by atoms with Gasteiger partial charge in [0.2, 0.25) is 0 Å². The fourth-order valence-electron chi connectivity index (χ4n) is 3.78. The van der Waals surface area contributed by atoms with Gasteiger partial charge < -0.3 is 5.73 Å². The lowest BCUT2D eigenvalue weighted by Gasteiger charge is -2.28. The van der Waals surface area contributed by atoms with Crippen molar-refractivity contribution >= 4 is 17.1 Å². The van der Waals surface area contributed by atoms with Gasteiger partial charge in [-0.1, -0.05) is 61.4 Å². The van der Waals surface area contributed by atoms with E-state index in [0.29, 0.717) is 5.92 Å². The molecule has 0 saturated heterocycles. The third-order valence-corrected chi connectivity index (χ3v) is 5.03. The Balaban J connectivity index is 1.83. The summed E-state index contributed by atoms with van der Waals surface area (Å²) in [5.74, 6) is 0.316. The highest BCUT2D eigenvalue weighted by atomic mass is 15.2. The Morgan fingerprint density at radius 3 is 2.52 bits per heavy atom. The van der Waals surface area contributed by atoms with Crippen LogP contribution in [0.2, 0.25) is 0 Å². The highest BCUT2D eigenvalue weighted by Crippen LogP contribution is 2.33. The summed E-state index contributed by atoms with van der Waals surface area (Å²) in [6.07, 6.45) is 8.38. The summed E-state index contributed by atoms with van der Waals surface area (Å²) in [5, 5.41) is 9.30. The number of nitrogen functional groups attached to an aromatic ring is 1. The molecule has 0 radical (unpaired) electrons. The van der Waals surface area contributed by atoms with Crippen LogP contribution in [0.5, 0.6) is 0 Å². The van der Waals surface area contributed by atoms with Crippen molar-refractivity contribution in [3.63, 3.8) is 0 Å². The number of hydrogen-bond acceptors (Lipinski definition) is 3. The van der Waals surface area contributed by atoms with Crippen molar-refractivity contribution in [2.45, 2.75) is 32.1 Å². The van der Waals surface area contributed by atoms with Crippen molar-refractivity contribution in [1.29, 1.82) is 0 Å². The van der Waals surface area contributed by atoms with Crippen molar-refractivity contribution in [2.24, 2.45) is 16.1 Å². The van der Waals surface area contributed by atoms with Crippen LogP contribution < -0.4 is 5.73 Å². The van der Waals surface area contributed by atoms with Gasteiger partial charge in [-0.3, -0.25) is 0 Å². The summed E-state index contributed by atoms with van der Waals surface area (Å²) < 4.78 is 0. The van der Waals surface area contributed by atoms with Crippen molar-refractivity contribution in [3.8, 4) is 0 Å². The van der Waals surface area contributed by atoms with E-state index < -0.39 is 0 Å². The average Bonchev–Trinajstić information content (AvgIpc) is 2.62. The molecule has 0 fully saturated rings. The molecule has 25 heavy (non-hydrogen) atoms. The highest BCUT2D eigenvalue weighted by Gasteiger charge is 2.29. The Morgan fingerprint density at radius 1 is 0.840 bits per heavy atom. The molecule has 2 N–H and O–H groups in total. The topological polar surface area (TPSA) is 50.7 Å². The van der Waals surface area contributed by atoms with Crippen LogP contribution in [0.1, 0.15) is 43.2 Å². The predicted molar refractivity (Wildman–Crippen MR) is 105 cm³/mol. The maximum Gasteiger partial charge on any atom is 0.0965 e. The first kappa shape index (κ1) is 15.8. The predicted octanol–water partition coefficient (Wildman–Crippen LogP) is 4.98. The Morgan fingerprint density at radius 2 is 1.68 bits per heavy atom. The van der Waals surface area contributed by atoms with Gasteiger partial charge in [0.25, 0.3) is 0 Å². The summed E-state index contributed by atoms with van der Waals surface area (Å²) >= 11 is 0. The Kier molecular flexibility index (Phi) is 4.47. The number of benzene rings is 2. The van der Waals surface area contributed by atoms with E-state index in [2.05, 4.69) is 46.6 Å². The molecule has 2 aromatic rings. The van der Waals surface area contributed by atoms with Gasteiger partial charge in [-0.05, 0) is 42.5 Å². The second-order valence-corrected chi connectivity index (χ2v) is 6.78. The number of hydrogen-bond donors (Lipinski definition) is 1. The normalized spacial score (nSPS) is 22.6. The average molecular weight is 329 g/mol. The summed E-state index contributed by atoms with van der Waals surface area (Å²) in [7, 11) is 0. The summed E-state index contributed by atoms with van der Waals surface area (Å²) in [6.45, 7) is 0. The lowest BCUT2D eigenvalue weighted by Crippen LogP contribution is -2.27. The van der Waals surface area contributed by atoms with E-state index in [-0.39, 0.29) is 0 Å². The minimum atomic E-state index is 0.316. The molecule has 3 nitrogen and oxygen atoms in total. The monoisotopic (exact) mass is 329 g/mol. The Bertz CT molecular complexity index is 847. The maximum atomic E-state index is 6.00. The van der Waals surface area contributed by atoms with E-state index in [9.17, 15) is 0 Å². The molecule has 1 unspecified atom stereocenters. The number of rotatable bonds is 2. The van der Waals surface area contributed by atoms with Crippen LogP contribution in [0, 0.1) is 5.92 Å². The second kappa shape index (κ2) is 7.06. The van der Waals surface area contributed by atoms with Crippen LogP contribution in [0.15, 0.2) is 76.4 Å². The van der Waals surface area contributed by atoms with Gasteiger partial charge in [0.1, 0.15) is 0 Å². The van der Waals surface area contributed by atoms with E-state index in [4.69, 9.17) is 5.73 Å². The summed E-state index contributed by atoms with van der Waals surface area (Å²) in [4.78, 5) is 0. The molecule has 1 atom stereocenters. The standard InChI is InChI=1S/C22H23N3/c23-18-12-8-11-17(15-18)22-20-14-7-2-1-6-13-19(20)21(24-25-22)16-9-4-3-5-10-16/h3-5,8-12,14-15,19H,1-2,6-7,13,23H2/b20-14+. The SMILES string of the molecule is Nc1cccc(C2=NN=C(c3ccccc3)C3CCCCC/C=C/23)c1. The molecule has 2 aromatic carbocycles. The molecule has 126 valence electrons. The zero-order valence-electron chi connectivity index (χ0n) is 14.4. The number of nitrogens with zero attached hydrogens (tertiary/aromatic N) is 2. The molecule has 0 spiro atoms. The van der Waals surface area contributed by atoms with Crippen LogP contribution >= 0.6 is 0 Å². The number of allylic oxidation sites excluding steroid dienone is 2. The third-order valence-electron chi connectivity index (χ3n) is 5.03. The van der Waals surface area contributed by atoms with Gasteiger partial charge in [0, 0.05) is 17.2 Å². The number of fused-ring (bicyclic) bond motifs is 1. The van der Waals surface area contributed by atoms with Crippen molar-refractivity contribution in [2.75, 3.05) is 5.73 Å². The zero-order valence-corrected chi connectivity index (χ0v) is 14.4.